The molecule has 0 bridgehead atoms. The average molecular weight is 1220 g/mol. The largest absolute Gasteiger partial charge is 0.477 e. The molecule has 0 aliphatic heterocycles. The van der Waals surface area contributed by atoms with Crippen LogP contribution in [0.25, 0.3) is 0 Å². The normalized spacial score (nSPS) is 13.2. The van der Waals surface area contributed by atoms with Crippen molar-refractivity contribution >= 4 is 17.9 Å². The SMILES string of the molecule is CC/C=C\C/C=C\C/C=C\C/C=C\C/C=C\C/C=C\C/C=C\CCCCCCCCCCCC(=O)OC(COC(=O)CCCCCCCCCCCCCCCCCCCCCCCCCCCCCCCCC)COC(OCC[N+](C)(C)C)C(=O)O. The van der Waals surface area contributed by atoms with E-state index in [0.29, 0.717) is 23.9 Å². The zero-order valence-corrected chi connectivity index (χ0v) is 57.7. The van der Waals surface area contributed by atoms with E-state index in [2.05, 4.69) is 98.9 Å². The Balaban J connectivity index is 4.10. The molecule has 2 unspecified atom stereocenters. The fourth-order valence-corrected chi connectivity index (χ4v) is 10.6. The predicted octanol–water partition coefficient (Wildman–Crippen LogP) is 23.0. The highest BCUT2D eigenvalue weighted by atomic mass is 16.7. The van der Waals surface area contributed by atoms with E-state index < -0.39 is 24.3 Å². The third-order valence-corrected chi connectivity index (χ3v) is 16.2. The van der Waals surface area contributed by atoms with Gasteiger partial charge in [0, 0.05) is 12.8 Å². The van der Waals surface area contributed by atoms with Crippen LogP contribution in [0.15, 0.2) is 85.1 Å². The molecule has 9 heteroatoms. The van der Waals surface area contributed by atoms with Gasteiger partial charge in [-0.05, 0) is 70.6 Å². The molecule has 0 aromatic carbocycles. The van der Waals surface area contributed by atoms with Gasteiger partial charge in [0.05, 0.1) is 34.4 Å². The number of hydrogen-bond donors (Lipinski definition) is 1. The molecule has 0 aliphatic rings. The van der Waals surface area contributed by atoms with Crippen LogP contribution < -0.4 is 0 Å². The number of rotatable bonds is 68. The molecule has 1 N–H and O–H groups in total. The molecule has 87 heavy (non-hydrogen) atoms. The van der Waals surface area contributed by atoms with Crippen LogP contribution >= 0.6 is 0 Å². The molecule has 9 nitrogen and oxygen atoms in total. The number of esters is 2. The van der Waals surface area contributed by atoms with Gasteiger partial charge in [0.25, 0.3) is 6.29 Å². The quantitative estimate of drug-likeness (QED) is 0.0211. The summed E-state index contributed by atoms with van der Waals surface area (Å²) in [6.07, 6.45) is 90.0. The third kappa shape index (κ3) is 69.8. The molecule has 0 saturated carbocycles. The molecular weight excluding hydrogens is 1080 g/mol. The molecule has 0 aromatic heterocycles. The maximum absolute atomic E-state index is 13.0. The van der Waals surface area contributed by atoms with Crippen LogP contribution in [0.5, 0.6) is 0 Å². The molecule has 0 spiro atoms. The molecule has 0 aliphatic carbocycles. The van der Waals surface area contributed by atoms with Gasteiger partial charge in [-0.3, -0.25) is 9.59 Å². The van der Waals surface area contributed by atoms with Crippen LogP contribution in [0.2, 0.25) is 0 Å². The smallest absolute Gasteiger partial charge is 0.361 e. The Labute approximate surface area is 538 Å². The number of ether oxygens (including phenoxy) is 4. The summed E-state index contributed by atoms with van der Waals surface area (Å²) in [5.74, 6) is -2.00. The summed E-state index contributed by atoms with van der Waals surface area (Å²) >= 11 is 0. The second-order valence-corrected chi connectivity index (χ2v) is 25.9. The lowest BCUT2D eigenvalue weighted by molar-refractivity contribution is -0.870. The summed E-state index contributed by atoms with van der Waals surface area (Å²) in [6.45, 7) is 4.80. The number of quaternary nitrogens is 1. The van der Waals surface area contributed by atoms with Gasteiger partial charge < -0.3 is 28.5 Å². The van der Waals surface area contributed by atoms with Crippen LogP contribution in [0, 0.1) is 0 Å². The second kappa shape index (κ2) is 68.4. The highest BCUT2D eigenvalue weighted by molar-refractivity contribution is 5.71. The number of carbonyl (C=O) groups excluding carboxylic acids is 2. The van der Waals surface area contributed by atoms with E-state index in [4.69, 9.17) is 18.9 Å². The Hall–Kier alpha value is -3.53. The molecule has 2 atom stereocenters. The van der Waals surface area contributed by atoms with Crippen LogP contribution in [0.3, 0.4) is 0 Å². The number of allylic oxidation sites excluding steroid dienone is 14. The van der Waals surface area contributed by atoms with Crippen molar-refractivity contribution < 1.29 is 42.9 Å². The zero-order chi connectivity index (χ0) is 63.3. The molecule has 0 fully saturated rings. The topological polar surface area (TPSA) is 108 Å². The van der Waals surface area contributed by atoms with Crippen molar-refractivity contribution in [2.45, 2.75) is 347 Å². The van der Waals surface area contributed by atoms with E-state index in [1.807, 2.05) is 21.1 Å². The monoisotopic (exact) mass is 1220 g/mol. The summed E-state index contributed by atoms with van der Waals surface area (Å²) in [7, 11) is 5.98. The lowest BCUT2D eigenvalue weighted by Gasteiger charge is -2.25. The lowest BCUT2D eigenvalue weighted by Crippen LogP contribution is -2.40. The fourth-order valence-electron chi connectivity index (χ4n) is 10.6. The average Bonchev–Trinajstić information content (AvgIpc) is 3.56. The van der Waals surface area contributed by atoms with Gasteiger partial charge >= 0.3 is 17.9 Å². The van der Waals surface area contributed by atoms with Crippen molar-refractivity contribution in [1.82, 2.24) is 0 Å². The first kappa shape index (κ1) is 83.5. The van der Waals surface area contributed by atoms with Crippen molar-refractivity contribution in [2.24, 2.45) is 0 Å². The van der Waals surface area contributed by atoms with Crippen molar-refractivity contribution in [1.29, 1.82) is 0 Å². The number of hydrogen-bond acceptors (Lipinski definition) is 7. The van der Waals surface area contributed by atoms with E-state index in [-0.39, 0.29) is 32.2 Å². The molecule has 0 aromatic rings. The highest BCUT2D eigenvalue weighted by Crippen LogP contribution is 2.19. The fraction of sp³-hybridized carbons (Fsp3) is 0.782. The van der Waals surface area contributed by atoms with Crippen molar-refractivity contribution in [2.75, 3.05) is 47.5 Å². The van der Waals surface area contributed by atoms with Crippen LogP contribution in [0.1, 0.15) is 335 Å². The Morgan fingerprint density at radius 3 is 0.977 bits per heavy atom. The van der Waals surface area contributed by atoms with Gasteiger partial charge in [-0.15, -0.1) is 0 Å². The number of likely N-dealkylation sites (N-methyl/N-ethyl adjacent to an activating group) is 1. The minimum absolute atomic E-state index is 0.185. The Kier molecular flexibility index (Phi) is 65.6. The summed E-state index contributed by atoms with van der Waals surface area (Å²) in [4.78, 5) is 37.7. The second-order valence-electron chi connectivity index (χ2n) is 25.9. The summed E-state index contributed by atoms with van der Waals surface area (Å²) < 4.78 is 23.0. The number of unbranched alkanes of at least 4 members (excludes halogenated alkanes) is 39. The van der Waals surface area contributed by atoms with Gasteiger partial charge in [0.15, 0.2) is 6.10 Å². The van der Waals surface area contributed by atoms with Gasteiger partial charge in [-0.25, -0.2) is 4.79 Å². The lowest BCUT2D eigenvalue weighted by atomic mass is 10.0. The first-order valence-corrected chi connectivity index (χ1v) is 36.8. The maximum atomic E-state index is 13.0. The number of carboxylic acids is 1. The molecule has 0 radical (unpaired) electrons. The summed E-state index contributed by atoms with van der Waals surface area (Å²) in [6, 6.07) is 0. The first-order chi connectivity index (χ1) is 42.6. The molecule has 504 valence electrons. The predicted molar refractivity (Wildman–Crippen MR) is 373 cm³/mol. The van der Waals surface area contributed by atoms with Gasteiger partial charge in [0.1, 0.15) is 13.2 Å². The number of carbonyl (C=O) groups is 3. The standard InChI is InChI=1S/C78H139NO8/c1-6-8-10-12-14-16-18-20-22-24-26-28-30-32-34-36-38-40-42-44-46-48-50-52-54-56-58-60-62-64-66-68-75(80)85-72-74(73-86-78(77(82)83)84-71-70-79(3,4)5)87-76(81)69-67-65-63-61-59-57-55-53-51-49-47-45-43-41-39-37-35-33-31-29-27-25-23-21-19-17-15-13-11-9-7-2/h9,11,15,17,21,23,27,29,33,35,39,41,45,47,74,78H,6-8,10,12-14,16,18-20,22,24-26,28,30-32,34,36-38,40,42-44,46,48-73H2,1-5H3/p+1/b11-9-,17-15-,23-21-,29-27-,35-33-,41-39-,47-45-. The Morgan fingerprint density at radius 2 is 0.655 bits per heavy atom. The molecule has 0 saturated heterocycles. The molecule has 0 rings (SSSR count). The van der Waals surface area contributed by atoms with E-state index in [1.165, 1.54) is 212 Å². The minimum Gasteiger partial charge on any atom is -0.477 e. The first-order valence-electron chi connectivity index (χ1n) is 36.8. The minimum atomic E-state index is -1.52. The van der Waals surface area contributed by atoms with E-state index in [9.17, 15) is 19.5 Å². The van der Waals surface area contributed by atoms with Gasteiger partial charge in [-0.2, -0.15) is 0 Å². The zero-order valence-electron chi connectivity index (χ0n) is 57.7. The van der Waals surface area contributed by atoms with Crippen LogP contribution in [0.4, 0.5) is 0 Å². The van der Waals surface area contributed by atoms with Crippen molar-refractivity contribution in [3.63, 3.8) is 0 Å². The molecule has 0 heterocycles. The van der Waals surface area contributed by atoms with Crippen LogP contribution in [-0.2, 0) is 33.3 Å². The number of aliphatic carboxylic acids is 1. The van der Waals surface area contributed by atoms with E-state index in [0.717, 1.165) is 89.9 Å². The third-order valence-electron chi connectivity index (χ3n) is 16.2. The Morgan fingerprint density at radius 1 is 0.356 bits per heavy atom. The number of carboxylic acid groups (broad SMARTS) is 1. The summed E-state index contributed by atoms with van der Waals surface area (Å²) in [5.41, 5.74) is 0. The van der Waals surface area contributed by atoms with Crippen LogP contribution in [-0.4, -0.2) is 87.4 Å². The van der Waals surface area contributed by atoms with E-state index in [1.54, 1.807) is 0 Å². The van der Waals surface area contributed by atoms with Crippen molar-refractivity contribution in [3.8, 4) is 0 Å². The molecule has 0 amide bonds. The van der Waals surface area contributed by atoms with E-state index >= 15 is 0 Å². The van der Waals surface area contributed by atoms with Gasteiger partial charge in [-0.1, -0.05) is 336 Å². The maximum Gasteiger partial charge on any atom is 0.361 e. The van der Waals surface area contributed by atoms with Gasteiger partial charge in [0.2, 0.25) is 0 Å². The summed E-state index contributed by atoms with van der Waals surface area (Å²) in [5, 5.41) is 9.76. The number of nitrogens with zero attached hydrogens (tertiary/aromatic N) is 1. The Bertz CT molecular complexity index is 1700. The highest BCUT2D eigenvalue weighted by Gasteiger charge is 2.25. The molecular formula is C78H140NO8+. The van der Waals surface area contributed by atoms with Crippen molar-refractivity contribution in [3.05, 3.63) is 85.1 Å².